The highest BCUT2D eigenvalue weighted by atomic mass is 16.5. The topological polar surface area (TPSA) is 177 Å². The van der Waals surface area contributed by atoms with Gasteiger partial charge in [0.1, 0.15) is 39.9 Å². The Hall–Kier alpha value is -4.80. The van der Waals surface area contributed by atoms with E-state index in [-0.39, 0.29) is 58.4 Å². The zero-order chi connectivity index (χ0) is 34.3. The molecule has 0 saturated carbocycles. The van der Waals surface area contributed by atoms with Gasteiger partial charge in [0.2, 0.25) is 0 Å². The molecule has 2 atom stereocenters. The molecular weight excluding hydrogens is 608 g/mol. The molecule has 2 unspecified atom stereocenters. The standard InChI is InChI=1S/C18H22O6.C18H22O5/c1-12-6-5-8-16(21)23-9-4-2-3-7-13-10-14(19)11-15(20)17(13)18(22)24-12;1-12-6-5-9-14(19)8-4-2-3-7-13-10-15(20)11-16(21)17(13)18(22)23-12/h3,7,10-12,19-20H,2,4-6,8-9H2,1H3;3,7,10-12,20-21H,2,4-6,8-9H2,1H3/b2*7-3+. The average Bonchev–Trinajstić information content (AvgIpc) is 2.97. The van der Waals surface area contributed by atoms with Crippen LogP contribution < -0.4 is 0 Å². The molecule has 0 spiro atoms. The molecule has 0 bridgehead atoms. The summed E-state index contributed by atoms with van der Waals surface area (Å²) in [5.74, 6) is -2.19. The largest absolute Gasteiger partial charge is 0.508 e. The van der Waals surface area contributed by atoms with Crippen molar-refractivity contribution in [2.24, 2.45) is 0 Å². The second-order valence-electron chi connectivity index (χ2n) is 11.7. The van der Waals surface area contributed by atoms with Gasteiger partial charge in [0.05, 0.1) is 18.8 Å². The summed E-state index contributed by atoms with van der Waals surface area (Å²) >= 11 is 0. The number of rotatable bonds is 0. The first-order valence-electron chi connectivity index (χ1n) is 16.0. The molecule has 0 amide bonds. The number of phenols is 4. The molecule has 4 N–H and O–H groups in total. The minimum atomic E-state index is -0.655. The summed E-state index contributed by atoms with van der Waals surface area (Å²) in [5, 5.41) is 39.3. The van der Waals surface area contributed by atoms with Crippen LogP contribution in [0.2, 0.25) is 0 Å². The van der Waals surface area contributed by atoms with Crippen molar-refractivity contribution in [3.63, 3.8) is 0 Å². The van der Waals surface area contributed by atoms with Gasteiger partial charge in [0.25, 0.3) is 0 Å². The Balaban J connectivity index is 0.000000256. The van der Waals surface area contributed by atoms with Crippen LogP contribution in [0.1, 0.15) is 116 Å². The summed E-state index contributed by atoms with van der Waals surface area (Å²) in [6.07, 6.45) is 12.6. The van der Waals surface area contributed by atoms with E-state index in [4.69, 9.17) is 14.2 Å². The van der Waals surface area contributed by atoms with Crippen molar-refractivity contribution in [2.45, 2.75) is 96.7 Å². The number of carbonyl (C=O) groups is 4. The highest BCUT2D eigenvalue weighted by Gasteiger charge is 2.22. The number of esters is 3. The maximum atomic E-state index is 12.4. The Labute approximate surface area is 274 Å². The third-order valence-electron chi connectivity index (χ3n) is 7.55. The van der Waals surface area contributed by atoms with E-state index in [0.29, 0.717) is 75.5 Å². The summed E-state index contributed by atoms with van der Waals surface area (Å²) in [6, 6.07) is 5.05. The van der Waals surface area contributed by atoms with Gasteiger partial charge in [-0.1, -0.05) is 24.3 Å². The van der Waals surface area contributed by atoms with Crippen molar-refractivity contribution in [3.05, 3.63) is 58.7 Å². The first kappa shape index (κ1) is 36.7. The number of cyclic esters (lactones) is 3. The number of fused-ring (bicyclic) bond motifs is 2. The second-order valence-corrected chi connectivity index (χ2v) is 11.7. The first-order valence-corrected chi connectivity index (χ1v) is 16.0. The molecule has 47 heavy (non-hydrogen) atoms. The lowest BCUT2D eigenvalue weighted by atomic mass is 10.0. The molecule has 2 heterocycles. The van der Waals surface area contributed by atoms with Crippen LogP contribution >= 0.6 is 0 Å². The van der Waals surface area contributed by atoms with Gasteiger partial charge < -0.3 is 34.6 Å². The monoisotopic (exact) mass is 652 g/mol. The lowest BCUT2D eigenvalue weighted by Crippen LogP contribution is -2.16. The fourth-order valence-corrected chi connectivity index (χ4v) is 5.12. The first-order chi connectivity index (χ1) is 22.4. The Kier molecular flexibility index (Phi) is 14.3. The van der Waals surface area contributed by atoms with E-state index < -0.39 is 18.0 Å². The highest BCUT2D eigenvalue weighted by Crippen LogP contribution is 2.31. The van der Waals surface area contributed by atoms with Crippen molar-refractivity contribution in [1.82, 2.24) is 0 Å². The molecule has 2 aliphatic heterocycles. The van der Waals surface area contributed by atoms with Gasteiger partial charge in [-0.2, -0.15) is 0 Å². The van der Waals surface area contributed by atoms with Gasteiger partial charge in [0, 0.05) is 31.4 Å². The molecule has 0 fully saturated rings. The van der Waals surface area contributed by atoms with E-state index in [2.05, 4.69) is 0 Å². The number of benzene rings is 2. The third kappa shape index (κ3) is 12.1. The highest BCUT2D eigenvalue weighted by molar-refractivity contribution is 5.97. The molecule has 11 nitrogen and oxygen atoms in total. The van der Waals surface area contributed by atoms with Crippen molar-refractivity contribution >= 4 is 35.8 Å². The third-order valence-corrected chi connectivity index (χ3v) is 7.55. The van der Waals surface area contributed by atoms with Crippen molar-refractivity contribution < 1.29 is 53.8 Å². The van der Waals surface area contributed by atoms with Crippen LogP contribution in [0.3, 0.4) is 0 Å². The zero-order valence-electron chi connectivity index (χ0n) is 26.9. The molecule has 0 aromatic heterocycles. The zero-order valence-corrected chi connectivity index (χ0v) is 26.9. The predicted octanol–water partition coefficient (Wildman–Crippen LogP) is 6.74. The Morgan fingerprint density at radius 2 is 1.09 bits per heavy atom. The van der Waals surface area contributed by atoms with Gasteiger partial charge in [-0.05, 0) is 88.5 Å². The van der Waals surface area contributed by atoms with Gasteiger partial charge >= 0.3 is 17.9 Å². The molecule has 11 heteroatoms. The van der Waals surface area contributed by atoms with Crippen LogP contribution in [0.4, 0.5) is 0 Å². The van der Waals surface area contributed by atoms with E-state index in [1.807, 2.05) is 6.08 Å². The van der Waals surface area contributed by atoms with Crippen molar-refractivity contribution in [2.75, 3.05) is 6.61 Å². The number of hydrogen-bond acceptors (Lipinski definition) is 11. The Morgan fingerprint density at radius 3 is 1.62 bits per heavy atom. The van der Waals surface area contributed by atoms with E-state index >= 15 is 0 Å². The van der Waals surface area contributed by atoms with Gasteiger partial charge in [-0.25, -0.2) is 9.59 Å². The van der Waals surface area contributed by atoms with Crippen LogP contribution in [0.25, 0.3) is 12.2 Å². The number of aromatic hydroxyl groups is 4. The predicted molar refractivity (Wildman–Crippen MR) is 174 cm³/mol. The van der Waals surface area contributed by atoms with Crippen LogP contribution in [-0.4, -0.2) is 62.9 Å². The lowest BCUT2D eigenvalue weighted by Gasteiger charge is -2.15. The number of ketones is 1. The maximum Gasteiger partial charge on any atom is 0.342 e. The minimum absolute atomic E-state index is 0.0260. The molecule has 2 aromatic rings. The van der Waals surface area contributed by atoms with Gasteiger partial charge in [-0.15, -0.1) is 0 Å². The summed E-state index contributed by atoms with van der Waals surface area (Å²) in [5.41, 5.74) is 0.872. The van der Waals surface area contributed by atoms with E-state index in [0.717, 1.165) is 18.6 Å². The summed E-state index contributed by atoms with van der Waals surface area (Å²) < 4.78 is 15.8. The number of hydrogen-bond donors (Lipinski definition) is 4. The average molecular weight is 653 g/mol. The van der Waals surface area contributed by atoms with E-state index in [1.54, 1.807) is 32.1 Å². The molecule has 0 saturated heterocycles. The fourth-order valence-electron chi connectivity index (χ4n) is 5.12. The Morgan fingerprint density at radius 1 is 0.617 bits per heavy atom. The van der Waals surface area contributed by atoms with Crippen LogP contribution in [0, 0.1) is 0 Å². The quantitative estimate of drug-likeness (QED) is 0.175. The summed E-state index contributed by atoms with van der Waals surface area (Å²) in [4.78, 5) is 47.9. The number of Topliss-reactive ketones (excluding diaryl/α,β-unsaturated/α-hetero) is 1. The second kappa shape index (κ2) is 18.4. The van der Waals surface area contributed by atoms with Crippen molar-refractivity contribution in [3.8, 4) is 23.0 Å². The maximum absolute atomic E-state index is 12.4. The number of carbonyl (C=O) groups excluding carboxylic acids is 4. The Bertz CT molecular complexity index is 1470. The number of phenolic OH excluding ortho intramolecular Hbond substituents is 4. The minimum Gasteiger partial charge on any atom is -0.508 e. The number of ether oxygens (including phenoxy) is 3. The van der Waals surface area contributed by atoms with Gasteiger partial charge in [0.15, 0.2) is 0 Å². The van der Waals surface area contributed by atoms with Crippen LogP contribution in [0.15, 0.2) is 36.4 Å². The fraction of sp³-hybridized carbons (Fsp3) is 0.444. The normalized spacial score (nSPS) is 21.7. The molecule has 0 aliphatic carbocycles. The van der Waals surface area contributed by atoms with Crippen LogP contribution in [-0.2, 0) is 23.8 Å². The summed E-state index contributed by atoms with van der Waals surface area (Å²) in [6.45, 7) is 3.84. The molecular formula is C36H44O11. The molecule has 2 aromatic carbocycles. The summed E-state index contributed by atoms with van der Waals surface area (Å²) in [7, 11) is 0. The van der Waals surface area contributed by atoms with E-state index in [9.17, 15) is 39.6 Å². The molecule has 4 rings (SSSR count). The van der Waals surface area contributed by atoms with E-state index in [1.165, 1.54) is 12.1 Å². The molecule has 254 valence electrons. The van der Waals surface area contributed by atoms with Gasteiger partial charge in [-0.3, -0.25) is 9.59 Å². The molecule has 0 radical (unpaired) electrons. The van der Waals surface area contributed by atoms with Crippen LogP contribution in [0.5, 0.6) is 23.0 Å². The van der Waals surface area contributed by atoms with Crippen molar-refractivity contribution in [1.29, 1.82) is 0 Å². The SMILES string of the molecule is CC1CCCC(=O)CCC/C=C/c2cc(O)cc(O)c2C(=O)O1.CC1CCCC(=O)OCCC/C=C/c2cc(O)cc(O)c2C(=O)O1. The molecule has 2 aliphatic rings. The smallest absolute Gasteiger partial charge is 0.342 e. The lowest BCUT2D eigenvalue weighted by molar-refractivity contribution is -0.143. The number of allylic oxidation sites excluding steroid dienone is 2.